The van der Waals surface area contributed by atoms with Gasteiger partial charge < -0.3 is 39.2 Å². The summed E-state index contributed by atoms with van der Waals surface area (Å²) < 4.78 is 30.7. The molecule has 0 unspecified atom stereocenters. The fourth-order valence-electron chi connectivity index (χ4n) is 7.64. The fraction of sp³-hybridized carbons (Fsp3) is 0.468. The third-order valence-electron chi connectivity index (χ3n) is 10.6. The van der Waals surface area contributed by atoms with Crippen molar-refractivity contribution in [2.24, 2.45) is 5.92 Å². The van der Waals surface area contributed by atoms with E-state index in [-0.39, 0.29) is 29.9 Å². The van der Waals surface area contributed by atoms with Crippen molar-refractivity contribution in [3.8, 4) is 5.75 Å². The van der Waals surface area contributed by atoms with Gasteiger partial charge in [-0.1, -0.05) is 38.0 Å². The summed E-state index contributed by atoms with van der Waals surface area (Å²) in [7, 11) is 0. The standard InChI is InChI=1S/C47H58N4O11/c1-6-13-42(56)49-39-28-37(18-20-40(39)62-47-45(61-34(5)54)44(60-33(4)53)43(31(2)58-47)59-32(3)52)30-50-25-12-15-36(29-50)19-21-41(55)48-24-11-10-14-35-22-26-51(27-23-35)46(57)38-16-8-7-9-17-38/h7-9,12,15-21,25,28-29,31,35,43-45,47H,6,10-11,13-14,22-24,26-27,30H2,1-5H3,(H-,48,49,55,56)/p+1/b21-19+/t31-,43-,44+,45-,47+/m1/s1. The van der Waals surface area contributed by atoms with Crippen LogP contribution in [0.2, 0.25) is 0 Å². The molecule has 5 atom stereocenters. The van der Waals surface area contributed by atoms with Gasteiger partial charge in [0, 0.05) is 75.7 Å². The van der Waals surface area contributed by atoms with Crippen molar-refractivity contribution in [3.63, 3.8) is 0 Å². The van der Waals surface area contributed by atoms with Gasteiger partial charge in [0.25, 0.3) is 5.91 Å². The van der Waals surface area contributed by atoms with Crippen molar-refractivity contribution in [1.82, 2.24) is 10.2 Å². The molecular formula is C47H59N4O11+. The summed E-state index contributed by atoms with van der Waals surface area (Å²) in [5, 5.41) is 5.89. The van der Waals surface area contributed by atoms with E-state index < -0.39 is 48.6 Å². The molecule has 3 heterocycles. The average molecular weight is 856 g/mol. The number of esters is 3. The van der Waals surface area contributed by atoms with Gasteiger partial charge in [-0.05, 0) is 81.0 Å². The van der Waals surface area contributed by atoms with Crippen molar-refractivity contribution in [1.29, 1.82) is 0 Å². The summed E-state index contributed by atoms with van der Waals surface area (Å²) >= 11 is 0. The molecule has 1 aromatic heterocycles. The number of benzene rings is 2. The van der Waals surface area contributed by atoms with E-state index in [9.17, 15) is 28.8 Å². The number of hydrogen-bond acceptors (Lipinski definition) is 11. The monoisotopic (exact) mass is 855 g/mol. The minimum atomic E-state index is -1.33. The van der Waals surface area contributed by atoms with Crippen LogP contribution in [0.15, 0.2) is 79.1 Å². The first-order valence-electron chi connectivity index (χ1n) is 21.4. The maximum absolute atomic E-state index is 12.9. The van der Waals surface area contributed by atoms with Crippen LogP contribution in [-0.2, 0) is 49.5 Å². The van der Waals surface area contributed by atoms with E-state index in [1.807, 2.05) is 77.3 Å². The molecule has 5 rings (SSSR count). The third-order valence-corrected chi connectivity index (χ3v) is 10.6. The molecule has 2 fully saturated rings. The lowest BCUT2D eigenvalue weighted by molar-refractivity contribution is -0.688. The first kappa shape index (κ1) is 47.0. The summed E-state index contributed by atoms with van der Waals surface area (Å²) in [4.78, 5) is 76.6. The van der Waals surface area contributed by atoms with E-state index in [1.165, 1.54) is 26.8 Å². The molecule has 0 saturated carbocycles. The van der Waals surface area contributed by atoms with Crippen LogP contribution in [0, 0.1) is 5.92 Å². The number of anilines is 1. The first-order valence-corrected chi connectivity index (χ1v) is 21.4. The Kier molecular flexibility index (Phi) is 17.6. The third kappa shape index (κ3) is 14.3. The Hall–Kier alpha value is -6.09. The Labute approximate surface area is 363 Å². The lowest BCUT2D eigenvalue weighted by atomic mass is 9.91. The Bertz CT molecular complexity index is 2050. The zero-order chi connectivity index (χ0) is 44.6. The van der Waals surface area contributed by atoms with Crippen LogP contribution >= 0.6 is 0 Å². The second-order valence-corrected chi connectivity index (χ2v) is 15.7. The summed E-state index contributed by atoms with van der Waals surface area (Å²) in [6, 6.07) is 18.4. The predicted octanol–water partition coefficient (Wildman–Crippen LogP) is 5.53. The van der Waals surface area contributed by atoms with Crippen LogP contribution in [0.3, 0.4) is 0 Å². The quantitative estimate of drug-likeness (QED) is 0.0540. The highest BCUT2D eigenvalue weighted by Crippen LogP contribution is 2.34. The molecule has 332 valence electrons. The number of aromatic nitrogens is 1. The molecule has 0 aliphatic carbocycles. The van der Waals surface area contributed by atoms with Crippen molar-refractivity contribution in [2.45, 2.75) is 117 Å². The number of amides is 3. The van der Waals surface area contributed by atoms with E-state index in [4.69, 9.17) is 23.7 Å². The molecule has 2 aromatic carbocycles. The normalized spacial score (nSPS) is 20.2. The molecule has 0 bridgehead atoms. The maximum Gasteiger partial charge on any atom is 0.303 e. The number of likely N-dealkylation sites (tertiary alicyclic amines) is 1. The highest BCUT2D eigenvalue weighted by Gasteiger charge is 2.51. The van der Waals surface area contributed by atoms with Gasteiger partial charge in [0.15, 0.2) is 31.1 Å². The Balaban J connectivity index is 1.16. The smallest absolute Gasteiger partial charge is 0.303 e. The molecule has 2 aliphatic rings. The summed E-state index contributed by atoms with van der Waals surface area (Å²) in [6.45, 7) is 9.59. The van der Waals surface area contributed by atoms with E-state index in [2.05, 4.69) is 10.6 Å². The number of hydrogen-bond donors (Lipinski definition) is 2. The number of nitrogens with zero attached hydrogens (tertiary/aromatic N) is 2. The Morgan fingerprint density at radius 3 is 2.24 bits per heavy atom. The zero-order valence-corrected chi connectivity index (χ0v) is 36.2. The number of nitrogens with one attached hydrogen (secondary N) is 2. The number of pyridine rings is 1. The molecule has 3 amide bonds. The van der Waals surface area contributed by atoms with Gasteiger partial charge in [-0.2, -0.15) is 0 Å². The molecule has 3 aromatic rings. The average Bonchev–Trinajstić information content (AvgIpc) is 3.23. The minimum absolute atomic E-state index is 0.0998. The highest BCUT2D eigenvalue weighted by molar-refractivity contribution is 5.94. The number of carbonyl (C=O) groups excluding carboxylic acids is 6. The van der Waals surface area contributed by atoms with Crippen LogP contribution in [0.5, 0.6) is 5.75 Å². The number of carbonyl (C=O) groups is 6. The van der Waals surface area contributed by atoms with Crippen molar-refractivity contribution in [2.75, 3.05) is 25.0 Å². The molecule has 2 N–H and O–H groups in total. The van der Waals surface area contributed by atoms with Gasteiger partial charge in [0.2, 0.25) is 24.2 Å². The van der Waals surface area contributed by atoms with Gasteiger partial charge >= 0.3 is 17.9 Å². The fourth-order valence-corrected chi connectivity index (χ4v) is 7.64. The zero-order valence-electron chi connectivity index (χ0n) is 36.2. The number of ether oxygens (including phenoxy) is 5. The lowest BCUT2D eigenvalue weighted by Gasteiger charge is -2.43. The molecule has 2 saturated heterocycles. The molecule has 15 nitrogen and oxygen atoms in total. The Morgan fingerprint density at radius 1 is 0.855 bits per heavy atom. The molecular weight excluding hydrogens is 797 g/mol. The Morgan fingerprint density at radius 2 is 1.55 bits per heavy atom. The second-order valence-electron chi connectivity index (χ2n) is 15.7. The van der Waals surface area contributed by atoms with Crippen molar-refractivity contribution >= 4 is 47.4 Å². The largest absolute Gasteiger partial charge is 0.459 e. The van der Waals surface area contributed by atoms with Gasteiger partial charge in [0.05, 0.1) is 11.8 Å². The van der Waals surface area contributed by atoms with E-state index >= 15 is 0 Å². The van der Waals surface area contributed by atoms with Gasteiger partial charge in [0.1, 0.15) is 5.75 Å². The van der Waals surface area contributed by atoms with Crippen molar-refractivity contribution < 1.29 is 57.0 Å². The van der Waals surface area contributed by atoms with Crippen LogP contribution < -0.4 is 19.9 Å². The van der Waals surface area contributed by atoms with E-state index in [0.717, 1.165) is 61.9 Å². The molecule has 2 aliphatic heterocycles. The van der Waals surface area contributed by atoms with Gasteiger partial charge in [-0.3, -0.25) is 28.8 Å². The molecule has 0 spiro atoms. The lowest BCUT2D eigenvalue weighted by Crippen LogP contribution is -2.62. The predicted molar refractivity (Wildman–Crippen MR) is 228 cm³/mol. The summed E-state index contributed by atoms with van der Waals surface area (Å²) in [5.41, 5.74) is 2.69. The van der Waals surface area contributed by atoms with Crippen molar-refractivity contribution in [3.05, 3.63) is 95.8 Å². The van der Waals surface area contributed by atoms with Gasteiger partial charge in [-0.25, -0.2) is 4.57 Å². The number of unbranched alkanes of at least 4 members (excludes halogenated alkanes) is 1. The number of piperidine rings is 1. The topological polar surface area (TPSA) is 180 Å². The second kappa shape index (κ2) is 23.2. The molecule has 62 heavy (non-hydrogen) atoms. The van der Waals surface area contributed by atoms with E-state index in [1.54, 1.807) is 25.1 Å². The minimum Gasteiger partial charge on any atom is -0.459 e. The first-order chi connectivity index (χ1) is 29.8. The SMILES string of the molecule is CCCC(=O)Nc1cc(C[n+]2cccc(/C=C/C(=O)NCCCCC3CCN(C(=O)c4ccccc4)CC3)c2)ccc1O[C@@H]1O[C@H](C)[C@@H](OC(C)=O)[C@H](OC(C)=O)[C@H]1OC(C)=O. The summed E-state index contributed by atoms with van der Waals surface area (Å²) in [6.07, 6.45) is 7.04. The van der Waals surface area contributed by atoms with Crippen LogP contribution in [0.25, 0.3) is 6.08 Å². The molecule has 0 radical (unpaired) electrons. The van der Waals surface area contributed by atoms with Gasteiger partial charge in [-0.15, -0.1) is 0 Å². The van der Waals surface area contributed by atoms with Crippen LogP contribution in [0.4, 0.5) is 5.69 Å². The van der Waals surface area contributed by atoms with Crippen LogP contribution in [0.1, 0.15) is 101 Å². The number of rotatable bonds is 18. The highest BCUT2D eigenvalue weighted by atomic mass is 16.7. The van der Waals surface area contributed by atoms with E-state index in [0.29, 0.717) is 31.1 Å². The van der Waals surface area contributed by atoms with Crippen LogP contribution in [-0.4, -0.2) is 90.9 Å². The maximum atomic E-state index is 12.9. The summed E-state index contributed by atoms with van der Waals surface area (Å²) in [5.74, 6) is -1.59. The molecule has 15 heteroatoms.